The topological polar surface area (TPSA) is 67.7 Å². The zero-order valence-electron chi connectivity index (χ0n) is 10.5. The zero-order chi connectivity index (χ0) is 12.4. The average Bonchev–Trinajstić information content (AvgIpc) is 2.55. The minimum Gasteiger partial charge on any atom is -0.384 e. The number of hydrogen-bond donors (Lipinski definition) is 2. The lowest BCUT2D eigenvalue weighted by molar-refractivity contribution is 0.514. The smallest absolute Gasteiger partial charge is 0.127 e. The molecule has 0 bridgehead atoms. The number of nitrogens with two attached hydrogens (primary N) is 1. The number of aryl methyl sites for hydroxylation is 2. The highest BCUT2D eigenvalue weighted by atomic mass is 32.2. The Balaban J connectivity index is 2.21. The maximum Gasteiger partial charge on any atom is 0.127 e. The first-order chi connectivity index (χ1) is 8.09. The molecule has 4 nitrogen and oxygen atoms in total. The Kier molecular flexibility index (Phi) is 3.76. The van der Waals surface area contributed by atoms with Crippen molar-refractivity contribution >= 4 is 17.6 Å². The average molecular weight is 252 g/mol. The van der Waals surface area contributed by atoms with Crippen molar-refractivity contribution in [1.82, 2.24) is 9.78 Å². The van der Waals surface area contributed by atoms with E-state index < -0.39 is 0 Å². The Morgan fingerprint density at radius 2 is 2.06 bits per heavy atom. The van der Waals surface area contributed by atoms with Gasteiger partial charge >= 0.3 is 0 Å². The van der Waals surface area contributed by atoms with Crippen molar-refractivity contribution in [2.75, 3.05) is 0 Å². The Bertz CT molecular complexity index is 418. The van der Waals surface area contributed by atoms with Crippen LogP contribution < -0.4 is 5.73 Å². The van der Waals surface area contributed by atoms with Crippen LogP contribution in [-0.2, 0) is 7.05 Å². The monoisotopic (exact) mass is 252 g/mol. The third-order valence-electron chi connectivity index (χ3n) is 3.27. The van der Waals surface area contributed by atoms with Gasteiger partial charge in [0.2, 0.25) is 0 Å². The fourth-order valence-corrected chi connectivity index (χ4v) is 3.88. The Morgan fingerprint density at radius 3 is 2.65 bits per heavy atom. The number of amidine groups is 1. The van der Waals surface area contributed by atoms with Crippen LogP contribution in [0.2, 0.25) is 0 Å². The zero-order valence-corrected chi connectivity index (χ0v) is 11.3. The molecule has 3 N–H and O–H groups in total. The van der Waals surface area contributed by atoms with Gasteiger partial charge in [-0.15, -0.1) is 11.8 Å². The van der Waals surface area contributed by atoms with Crippen molar-refractivity contribution in [3.8, 4) is 0 Å². The van der Waals surface area contributed by atoms with Crippen LogP contribution in [0.1, 0.15) is 43.4 Å². The van der Waals surface area contributed by atoms with Crippen LogP contribution in [0.15, 0.2) is 5.03 Å². The fourth-order valence-electron chi connectivity index (χ4n) is 2.42. The third-order valence-corrected chi connectivity index (χ3v) is 4.77. The van der Waals surface area contributed by atoms with Gasteiger partial charge in [0, 0.05) is 12.3 Å². The first-order valence-corrected chi connectivity index (χ1v) is 7.02. The molecule has 0 amide bonds. The molecule has 1 aliphatic carbocycles. The van der Waals surface area contributed by atoms with Crippen LogP contribution in [0.3, 0.4) is 0 Å². The van der Waals surface area contributed by atoms with Crippen LogP contribution >= 0.6 is 11.8 Å². The van der Waals surface area contributed by atoms with Gasteiger partial charge in [0.25, 0.3) is 0 Å². The highest BCUT2D eigenvalue weighted by molar-refractivity contribution is 8.00. The summed E-state index contributed by atoms with van der Waals surface area (Å²) >= 11 is 1.85. The first kappa shape index (κ1) is 12.5. The summed E-state index contributed by atoms with van der Waals surface area (Å²) in [7, 11) is 1.94. The van der Waals surface area contributed by atoms with E-state index >= 15 is 0 Å². The van der Waals surface area contributed by atoms with Gasteiger partial charge in [-0.05, 0) is 19.8 Å². The first-order valence-electron chi connectivity index (χ1n) is 6.14. The van der Waals surface area contributed by atoms with E-state index in [1.54, 1.807) is 0 Å². The molecule has 1 aliphatic rings. The molecule has 0 aromatic carbocycles. The summed E-state index contributed by atoms with van der Waals surface area (Å²) in [4.78, 5) is 0. The summed E-state index contributed by atoms with van der Waals surface area (Å²) in [6.45, 7) is 1.92. The molecule has 0 atom stereocenters. The molecule has 1 saturated carbocycles. The van der Waals surface area contributed by atoms with Gasteiger partial charge < -0.3 is 5.73 Å². The lowest BCUT2D eigenvalue weighted by Gasteiger charge is -2.21. The quantitative estimate of drug-likeness (QED) is 0.641. The van der Waals surface area contributed by atoms with Gasteiger partial charge in [-0.2, -0.15) is 5.10 Å². The maximum atomic E-state index is 7.66. The lowest BCUT2D eigenvalue weighted by atomic mass is 10.0. The summed E-state index contributed by atoms with van der Waals surface area (Å²) in [6, 6.07) is 0. The summed E-state index contributed by atoms with van der Waals surface area (Å²) < 4.78 is 1.87. The van der Waals surface area contributed by atoms with Crippen molar-refractivity contribution in [3.05, 3.63) is 11.3 Å². The standard InChI is InChI=1S/C12H20N4S/c1-8-10(11(13)14)12(16(2)15-8)17-9-6-4-3-5-7-9/h9H,3-7H2,1-2H3,(H3,13,14). The van der Waals surface area contributed by atoms with E-state index in [0.717, 1.165) is 16.3 Å². The second-order valence-corrected chi connectivity index (χ2v) is 5.97. The number of nitrogen functional groups attached to an aromatic ring is 1. The van der Waals surface area contributed by atoms with Gasteiger partial charge in [-0.3, -0.25) is 10.1 Å². The van der Waals surface area contributed by atoms with E-state index in [1.807, 2.05) is 30.4 Å². The van der Waals surface area contributed by atoms with E-state index in [4.69, 9.17) is 11.1 Å². The molecule has 1 heterocycles. The summed E-state index contributed by atoms with van der Waals surface area (Å²) in [5.74, 6) is 0.133. The molecule has 5 heteroatoms. The summed E-state index contributed by atoms with van der Waals surface area (Å²) in [5.41, 5.74) is 7.33. The van der Waals surface area contributed by atoms with E-state index in [-0.39, 0.29) is 5.84 Å². The van der Waals surface area contributed by atoms with Crippen LogP contribution in [-0.4, -0.2) is 20.9 Å². The third kappa shape index (κ3) is 2.65. The SMILES string of the molecule is Cc1nn(C)c(SC2CCCCC2)c1C(=N)N. The number of aromatic nitrogens is 2. The van der Waals surface area contributed by atoms with E-state index in [1.165, 1.54) is 32.1 Å². The predicted octanol–water partition coefficient (Wildman–Crippen LogP) is 2.44. The highest BCUT2D eigenvalue weighted by Gasteiger charge is 2.21. The van der Waals surface area contributed by atoms with Gasteiger partial charge in [0.1, 0.15) is 10.9 Å². The summed E-state index contributed by atoms with van der Waals surface area (Å²) in [5, 5.41) is 13.8. The molecule has 1 aromatic heterocycles. The number of rotatable bonds is 3. The highest BCUT2D eigenvalue weighted by Crippen LogP contribution is 2.35. The van der Waals surface area contributed by atoms with Crippen LogP contribution in [0.25, 0.3) is 0 Å². The molecule has 0 aliphatic heterocycles. The van der Waals surface area contributed by atoms with Crippen LogP contribution in [0.4, 0.5) is 0 Å². The van der Waals surface area contributed by atoms with E-state index in [0.29, 0.717) is 5.25 Å². The predicted molar refractivity (Wildman–Crippen MR) is 71.7 cm³/mol. The van der Waals surface area contributed by atoms with Gasteiger partial charge in [0.05, 0.1) is 11.3 Å². The van der Waals surface area contributed by atoms with Gasteiger partial charge in [-0.1, -0.05) is 19.3 Å². The maximum absolute atomic E-state index is 7.66. The summed E-state index contributed by atoms with van der Waals surface area (Å²) in [6.07, 6.45) is 6.55. The minimum atomic E-state index is 0.133. The molecular weight excluding hydrogens is 232 g/mol. The molecule has 0 saturated heterocycles. The minimum absolute atomic E-state index is 0.133. The number of nitrogens with one attached hydrogen (secondary N) is 1. The fraction of sp³-hybridized carbons (Fsp3) is 0.667. The normalized spacial score (nSPS) is 17.3. The number of thioether (sulfide) groups is 1. The Morgan fingerprint density at radius 1 is 1.41 bits per heavy atom. The second kappa shape index (κ2) is 5.12. The lowest BCUT2D eigenvalue weighted by Crippen LogP contribution is -2.15. The van der Waals surface area contributed by atoms with E-state index in [9.17, 15) is 0 Å². The molecule has 17 heavy (non-hydrogen) atoms. The molecule has 0 unspecified atom stereocenters. The van der Waals surface area contributed by atoms with Gasteiger partial charge in [-0.25, -0.2) is 0 Å². The number of nitrogens with zero attached hydrogens (tertiary/aromatic N) is 2. The molecule has 94 valence electrons. The van der Waals surface area contributed by atoms with Crippen molar-refractivity contribution in [2.24, 2.45) is 12.8 Å². The molecule has 0 radical (unpaired) electrons. The van der Waals surface area contributed by atoms with Crippen molar-refractivity contribution < 1.29 is 0 Å². The van der Waals surface area contributed by atoms with Crippen molar-refractivity contribution in [1.29, 1.82) is 5.41 Å². The Labute approximate surface area is 106 Å². The van der Waals surface area contributed by atoms with Crippen LogP contribution in [0, 0.1) is 12.3 Å². The van der Waals surface area contributed by atoms with E-state index in [2.05, 4.69) is 5.10 Å². The molecule has 1 fully saturated rings. The van der Waals surface area contributed by atoms with Crippen LogP contribution in [0.5, 0.6) is 0 Å². The Hall–Kier alpha value is -0.970. The van der Waals surface area contributed by atoms with Gasteiger partial charge in [0.15, 0.2) is 0 Å². The molecular formula is C12H20N4S. The molecule has 0 spiro atoms. The largest absolute Gasteiger partial charge is 0.384 e. The number of hydrogen-bond acceptors (Lipinski definition) is 3. The molecule has 2 rings (SSSR count). The van der Waals surface area contributed by atoms with Crippen molar-refractivity contribution in [2.45, 2.75) is 49.3 Å². The second-order valence-electron chi connectivity index (χ2n) is 4.68. The molecule has 1 aromatic rings. The van der Waals surface area contributed by atoms with Crippen molar-refractivity contribution in [3.63, 3.8) is 0 Å².